The third-order valence-electron chi connectivity index (χ3n) is 4.79. The number of rotatable bonds is 6. The number of anilines is 1. The molecule has 0 fully saturated rings. The van der Waals surface area contributed by atoms with Crippen molar-refractivity contribution >= 4 is 28.2 Å². The summed E-state index contributed by atoms with van der Waals surface area (Å²) in [7, 11) is 0. The van der Waals surface area contributed by atoms with Gasteiger partial charge >= 0.3 is 0 Å². The number of nitrogens with two attached hydrogens (primary N) is 1. The van der Waals surface area contributed by atoms with Crippen LogP contribution in [0.3, 0.4) is 0 Å². The summed E-state index contributed by atoms with van der Waals surface area (Å²) in [6.45, 7) is 10.8. The SMILES string of the molecule is CCCN1CCc2c(sc(NC(=O)c3cc(C)n(C(C)C)n3)c2C(N)=O)C1. The highest BCUT2D eigenvalue weighted by Gasteiger charge is 2.28. The monoisotopic (exact) mass is 389 g/mol. The average molecular weight is 390 g/mol. The number of nitrogens with zero attached hydrogens (tertiary/aromatic N) is 3. The van der Waals surface area contributed by atoms with E-state index in [9.17, 15) is 9.59 Å². The van der Waals surface area contributed by atoms with Crippen LogP contribution in [-0.2, 0) is 13.0 Å². The predicted octanol–water partition coefficient (Wildman–Crippen LogP) is 2.95. The normalized spacial score (nSPS) is 14.4. The molecule has 27 heavy (non-hydrogen) atoms. The van der Waals surface area contributed by atoms with Gasteiger partial charge in [-0.15, -0.1) is 11.3 Å². The maximum absolute atomic E-state index is 12.7. The van der Waals surface area contributed by atoms with Crippen LogP contribution in [0.25, 0.3) is 0 Å². The maximum atomic E-state index is 12.7. The Morgan fingerprint density at radius 1 is 1.41 bits per heavy atom. The summed E-state index contributed by atoms with van der Waals surface area (Å²) in [6.07, 6.45) is 1.87. The summed E-state index contributed by atoms with van der Waals surface area (Å²) in [5.41, 5.74) is 8.35. The number of hydrogen-bond acceptors (Lipinski definition) is 5. The molecule has 1 aliphatic heterocycles. The number of hydrogen-bond donors (Lipinski definition) is 2. The van der Waals surface area contributed by atoms with Gasteiger partial charge in [0.1, 0.15) is 5.00 Å². The highest BCUT2D eigenvalue weighted by atomic mass is 32.1. The van der Waals surface area contributed by atoms with E-state index in [-0.39, 0.29) is 11.9 Å². The maximum Gasteiger partial charge on any atom is 0.276 e. The Hall–Kier alpha value is -2.19. The molecule has 8 heteroatoms. The number of primary amides is 1. The molecule has 0 radical (unpaired) electrons. The number of fused-ring (bicyclic) bond motifs is 1. The number of carbonyl (C=O) groups is 2. The summed E-state index contributed by atoms with van der Waals surface area (Å²) in [6, 6.07) is 1.93. The van der Waals surface area contributed by atoms with Crippen LogP contribution < -0.4 is 11.1 Å². The molecule has 0 unspecified atom stereocenters. The molecule has 2 aromatic rings. The van der Waals surface area contributed by atoms with E-state index in [4.69, 9.17) is 5.73 Å². The largest absolute Gasteiger partial charge is 0.365 e. The molecule has 0 aromatic carbocycles. The molecule has 0 saturated carbocycles. The first-order valence-corrected chi connectivity index (χ1v) is 10.2. The minimum Gasteiger partial charge on any atom is -0.365 e. The van der Waals surface area contributed by atoms with Crippen LogP contribution in [0.15, 0.2) is 6.07 Å². The summed E-state index contributed by atoms with van der Waals surface area (Å²) in [5.74, 6) is -0.806. The van der Waals surface area contributed by atoms with Crippen molar-refractivity contribution < 1.29 is 9.59 Å². The Kier molecular flexibility index (Phi) is 5.67. The van der Waals surface area contributed by atoms with Gasteiger partial charge in [0.25, 0.3) is 11.8 Å². The highest BCUT2D eigenvalue weighted by molar-refractivity contribution is 7.17. The van der Waals surface area contributed by atoms with Crippen LogP contribution >= 0.6 is 11.3 Å². The number of thiophene rings is 1. The topological polar surface area (TPSA) is 93.2 Å². The smallest absolute Gasteiger partial charge is 0.276 e. The minimum absolute atomic E-state index is 0.173. The van der Waals surface area contributed by atoms with E-state index in [1.165, 1.54) is 11.3 Å². The molecule has 0 spiro atoms. The van der Waals surface area contributed by atoms with E-state index in [1.807, 2.05) is 25.5 Å². The van der Waals surface area contributed by atoms with Crippen molar-refractivity contribution in [1.82, 2.24) is 14.7 Å². The van der Waals surface area contributed by atoms with Gasteiger partial charge < -0.3 is 11.1 Å². The summed E-state index contributed by atoms with van der Waals surface area (Å²) >= 11 is 1.45. The molecular weight excluding hydrogens is 362 g/mol. The van der Waals surface area contributed by atoms with E-state index in [1.54, 1.807) is 6.07 Å². The quantitative estimate of drug-likeness (QED) is 0.794. The van der Waals surface area contributed by atoms with Crippen LogP contribution in [0.4, 0.5) is 5.00 Å². The lowest BCUT2D eigenvalue weighted by atomic mass is 10.0. The molecule has 146 valence electrons. The molecule has 1 aliphatic rings. The third-order valence-corrected chi connectivity index (χ3v) is 5.93. The lowest BCUT2D eigenvalue weighted by Crippen LogP contribution is -2.31. The van der Waals surface area contributed by atoms with Gasteiger partial charge in [-0.3, -0.25) is 19.2 Å². The van der Waals surface area contributed by atoms with Gasteiger partial charge in [-0.05, 0) is 51.8 Å². The molecule has 2 amide bonds. The van der Waals surface area contributed by atoms with Crippen molar-refractivity contribution in [1.29, 1.82) is 0 Å². The standard InChI is InChI=1S/C19H27N5O2S/c1-5-7-23-8-6-13-15(10-23)27-19(16(13)17(20)25)21-18(26)14-9-12(4)24(22-14)11(2)3/h9,11H,5-8,10H2,1-4H3,(H2,20,25)(H,21,26). The van der Waals surface area contributed by atoms with Crippen LogP contribution in [-0.4, -0.2) is 39.6 Å². The van der Waals surface area contributed by atoms with Gasteiger partial charge in [-0.2, -0.15) is 5.10 Å². The molecule has 0 bridgehead atoms. The van der Waals surface area contributed by atoms with Gasteiger partial charge in [0.2, 0.25) is 0 Å². The summed E-state index contributed by atoms with van der Waals surface area (Å²) in [5, 5.41) is 7.79. The molecule has 3 rings (SSSR count). The van der Waals surface area contributed by atoms with Crippen LogP contribution in [0.1, 0.15) is 70.2 Å². The molecule has 7 nitrogen and oxygen atoms in total. The zero-order valence-corrected chi connectivity index (χ0v) is 17.2. The lowest BCUT2D eigenvalue weighted by Gasteiger charge is -2.26. The van der Waals surface area contributed by atoms with E-state index in [0.717, 1.165) is 48.6 Å². The molecule has 3 heterocycles. The van der Waals surface area contributed by atoms with E-state index in [2.05, 4.69) is 22.2 Å². The molecule has 0 aliphatic carbocycles. The van der Waals surface area contributed by atoms with Gasteiger partial charge in [0.05, 0.1) is 5.56 Å². The number of amides is 2. The fourth-order valence-electron chi connectivity index (χ4n) is 3.60. The average Bonchev–Trinajstić information content (AvgIpc) is 3.15. The molecule has 3 N–H and O–H groups in total. The third kappa shape index (κ3) is 3.91. The number of carbonyl (C=O) groups excluding carboxylic acids is 2. The van der Waals surface area contributed by atoms with Crippen molar-refractivity contribution in [3.8, 4) is 0 Å². The van der Waals surface area contributed by atoms with Gasteiger partial charge in [0.15, 0.2) is 5.69 Å². The number of aromatic nitrogens is 2. The summed E-state index contributed by atoms with van der Waals surface area (Å²) < 4.78 is 1.81. The van der Waals surface area contributed by atoms with Crippen molar-refractivity contribution in [2.24, 2.45) is 5.73 Å². The predicted molar refractivity (Wildman–Crippen MR) is 107 cm³/mol. The second-order valence-electron chi connectivity index (χ2n) is 7.26. The highest BCUT2D eigenvalue weighted by Crippen LogP contribution is 2.37. The zero-order chi connectivity index (χ0) is 19.7. The molecule has 0 saturated heterocycles. The Bertz CT molecular complexity index is 868. The fourth-order valence-corrected chi connectivity index (χ4v) is 4.89. The van der Waals surface area contributed by atoms with Crippen LogP contribution in [0.2, 0.25) is 0 Å². The van der Waals surface area contributed by atoms with Gasteiger partial charge in [0, 0.05) is 29.7 Å². The number of aryl methyl sites for hydroxylation is 1. The second-order valence-corrected chi connectivity index (χ2v) is 8.37. The Labute approximate surface area is 163 Å². The van der Waals surface area contributed by atoms with Crippen molar-refractivity contribution in [3.05, 3.63) is 33.5 Å². The van der Waals surface area contributed by atoms with E-state index in [0.29, 0.717) is 16.3 Å². The first-order chi connectivity index (χ1) is 12.8. The molecule has 0 atom stereocenters. The Balaban J connectivity index is 1.87. The van der Waals surface area contributed by atoms with Crippen molar-refractivity contribution in [2.45, 2.75) is 53.1 Å². The van der Waals surface area contributed by atoms with Crippen molar-refractivity contribution in [2.75, 3.05) is 18.4 Å². The minimum atomic E-state index is -0.490. The van der Waals surface area contributed by atoms with Crippen molar-refractivity contribution in [3.63, 3.8) is 0 Å². The van der Waals surface area contributed by atoms with Gasteiger partial charge in [-0.1, -0.05) is 6.92 Å². The fraction of sp³-hybridized carbons (Fsp3) is 0.526. The summed E-state index contributed by atoms with van der Waals surface area (Å²) in [4.78, 5) is 28.3. The number of nitrogens with one attached hydrogen (secondary N) is 1. The van der Waals surface area contributed by atoms with Gasteiger partial charge in [-0.25, -0.2) is 0 Å². The lowest BCUT2D eigenvalue weighted by molar-refractivity contribution is 0.1000. The van der Waals surface area contributed by atoms with Crippen LogP contribution in [0, 0.1) is 6.92 Å². The Morgan fingerprint density at radius 2 is 2.15 bits per heavy atom. The Morgan fingerprint density at radius 3 is 2.74 bits per heavy atom. The van der Waals surface area contributed by atoms with Crippen LogP contribution in [0.5, 0.6) is 0 Å². The van der Waals surface area contributed by atoms with E-state index >= 15 is 0 Å². The second kappa shape index (κ2) is 7.82. The molecule has 2 aromatic heterocycles. The zero-order valence-electron chi connectivity index (χ0n) is 16.3. The van der Waals surface area contributed by atoms with E-state index < -0.39 is 5.91 Å². The molecular formula is C19H27N5O2S. The first kappa shape index (κ1) is 19.6. The first-order valence-electron chi connectivity index (χ1n) is 9.36.